The van der Waals surface area contributed by atoms with Gasteiger partial charge in [0.1, 0.15) is 0 Å². The normalized spacial score (nSPS) is 13.8. The van der Waals surface area contributed by atoms with E-state index < -0.39 is 16.0 Å². The van der Waals surface area contributed by atoms with E-state index in [9.17, 15) is 9.00 Å². The number of carbonyl (C=O) groups is 1. The van der Waals surface area contributed by atoms with Crippen LogP contribution < -0.4 is 0 Å². The topological polar surface area (TPSA) is 34.1 Å². The molecular formula is C15H12BrClO2S. The van der Waals surface area contributed by atoms with Crippen molar-refractivity contribution >= 4 is 44.1 Å². The molecule has 0 radical (unpaired) electrons. The second kappa shape index (κ2) is 6.66. The lowest BCUT2D eigenvalue weighted by molar-refractivity contribution is 0.0992. The van der Waals surface area contributed by atoms with E-state index in [4.69, 9.17) is 11.6 Å². The Morgan fingerprint density at radius 1 is 1.15 bits per heavy atom. The predicted molar refractivity (Wildman–Crippen MR) is 85.8 cm³/mol. The van der Waals surface area contributed by atoms with Crippen LogP contribution in [0.1, 0.15) is 17.3 Å². The van der Waals surface area contributed by atoms with Gasteiger partial charge in [-0.15, -0.1) is 0 Å². The first-order valence-corrected chi connectivity index (χ1v) is 8.34. The Hall–Kier alpha value is -0.970. The minimum atomic E-state index is -1.41. The Bertz CT molecular complexity index is 655. The van der Waals surface area contributed by atoms with E-state index in [1.54, 1.807) is 43.3 Å². The van der Waals surface area contributed by atoms with Crippen LogP contribution in [0.2, 0.25) is 5.02 Å². The van der Waals surface area contributed by atoms with Crippen molar-refractivity contribution in [3.8, 4) is 0 Å². The van der Waals surface area contributed by atoms with Crippen molar-refractivity contribution in [3.63, 3.8) is 0 Å². The van der Waals surface area contributed by atoms with Gasteiger partial charge in [-0.1, -0.05) is 23.7 Å². The van der Waals surface area contributed by atoms with Gasteiger partial charge in [0.15, 0.2) is 5.78 Å². The number of hydrogen-bond donors (Lipinski definition) is 0. The van der Waals surface area contributed by atoms with Crippen LogP contribution in [0.5, 0.6) is 0 Å². The molecule has 2 aromatic carbocycles. The number of hydrogen-bond acceptors (Lipinski definition) is 2. The van der Waals surface area contributed by atoms with Crippen LogP contribution in [-0.2, 0) is 10.8 Å². The maximum atomic E-state index is 12.5. The second-order valence-electron chi connectivity index (χ2n) is 4.24. The molecule has 0 saturated carbocycles. The van der Waals surface area contributed by atoms with E-state index in [0.717, 1.165) is 4.47 Å². The number of ketones is 1. The van der Waals surface area contributed by atoms with Crippen LogP contribution in [-0.4, -0.2) is 15.2 Å². The van der Waals surface area contributed by atoms with Crippen LogP contribution in [0, 0.1) is 0 Å². The van der Waals surface area contributed by atoms with E-state index >= 15 is 0 Å². The third-order valence-corrected chi connectivity index (χ3v) is 5.72. The van der Waals surface area contributed by atoms with Crippen LogP contribution in [0.4, 0.5) is 0 Å². The van der Waals surface area contributed by atoms with Gasteiger partial charge in [-0.05, 0) is 59.3 Å². The molecule has 104 valence electrons. The maximum Gasteiger partial charge on any atom is 0.178 e. The molecule has 0 amide bonds. The lowest BCUT2D eigenvalue weighted by Gasteiger charge is -2.12. The van der Waals surface area contributed by atoms with E-state index in [0.29, 0.717) is 15.5 Å². The van der Waals surface area contributed by atoms with Gasteiger partial charge in [0.25, 0.3) is 0 Å². The highest BCUT2D eigenvalue weighted by molar-refractivity contribution is 9.10. The average molecular weight is 372 g/mol. The molecule has 0 bridgehead atoms. The molecule has 2 atom stereocenters. The van der Waals surface area contributed by atoms with Crippen molar-refractivity contribution in [3.05, 3.63) is 63.6 Å². The fraction of sp³-hybridized carbons (Fsp3) is 0.133. The lowest BCUT2D eigenvalue weighted by Crippen LogP contribution is -2.23. The summed E-state index contributed by atoms with van der Waals surface area (Å²) in [7, 11) is -1.41. The molecule has 5 heteroatoms. The summed E-state index contributed by atoms with van der Waals surface area (Å²) in [5, 5.41) is -0.0454. The van der Waals surface area contributed by atoms with E-state index in [1.165, 1.54) is 0 Å². The SMILES string of the molecule is CC(C(=O)c1ccc(Cl)cc1)S(=O)c1ccccc1Br. The summed E-state index contributed by atoms with van der Waals surface area (Å²) in [6.45, 7) is 1.67. The summed E-state index contributed by atoms with van der Waals surface area (Å²) >= 11 is 9.16. The molecule has 0 fully saturated rings. The van der Waals surface area contributed by atoms with Crippen LogP contribution in [0.25, 0.3) is 0 Å². The molecule has 0 spiro atoms. The second-order valence-corrected chi connectivity index (χ2v) is 7.27. The fourth-order valence-electron chi connectivity index (χ4n) is 1.74. The Morgan fingerprint density at radius 3 is 2.35 bits per heavy atom. The first kappa shape index (κ1) is 15.4. The molecule has 0 aliphatic carbocycles. The van der Waals surface area contributed by atoms with Gasteiger partial charge in [-0.2, -0.15) is 0 Å². The molecule has 0 saturated heterocycles. The van der Waals surface area contributed by atoms with Gasteiger partial charge >= 0.3 is 0 Å². The molecule has 20 heavy (non-hydrogen) atoms. The third-order valence-electron chi connectivity index (χ3n) is 2.87. The Balaban J connectivity index is 2.25. The summed E-state index contributed by atoms with van der Waals surface area (Å²) in [4.78, 5) is 13.0. The molecule has 2 unspecified atom stereocenters. The molecular weight excluding hydrogens is 360 g/mol. The molecule has 0 aromatic heterocycles. The number of halogens is 2. The minimum absolute atomic E-state index is 0.157. The monoisotopic (exact) mass is 370 g/mol. The van der Waals surface area contributed by atoms with Crippen molar-refractivity contribution in [2.45, 2.75) is 17.1 Å². The van der Waals surface area contributed by atoms with Gasteiger partial charge in [0, 0.05) is 15.1 Å². The minimum Gasteiger partial charge on any atom is -0.293 e. The Morgan fingerprint density at radius 2 is 1.75 bits per heavy atom. The van der Waals surface area contributed by atoms with Gasteiger partial charge in [-0.3, -0.25) is 9.00 Å². The highest BCUT2D eigenvalue weighted by atomic mass is 79.9. The number of carbonyl (C=O) groups excluding carboxylic acids is 1. The van der Waals surface area contributed by atoms with Crippen molar-refractivity contribution in [2.75, 3.05) is 0 Å². The maximum absolute atomic E-state index is 12.5. The highest BCUT2D eigenvalue weighted by Gasteiger charge is 2.23. The third kappa shape index (κ3) is 3.37. The molecule has 2 nitrogen and oxygen atoms in total. The first-order chi connectivity index (χ1) is 9.50. The summed E-state index contributed by atoms with van der Waals surface area (Å²) in [6, 6.07) is 13.8. The van der Waals surface area contributed by atoms with Gasteiger partial charge in [0.05, 0.1) is 20.9 Å². The van der Waals surface area contributed by atoms with E-state index in [-0.39, 0.29) is 5.78 Å². The van der Waals surface area contributed by atoms with E-state index in [1.807, 2.05) is 12.1 Å². The fourth-order valence-corrected chi connectivity index (χ4v) is 3.82. The van der Waals surface area contributed by atoms with Crippen molar-refractivity contribution < 1.29 is 9.00 Å². The number of Topliss-reactive ketones (excluding diaryl/α,β-unsaturated/α-hetero) is 1. The number of benzene rings is 2. The predicted octanol–water partition coefficient (Wildman–Crippen LogP) is 4.48. The standard InChI is InChI=1S/C15H12BrClO2S/c1-10(15(18)11-6-8-12(17)9-7-11)20(19)14-5-3-2-4-13(14)16/h2-10H,1H3. The van der Waals surface area contributed by atoms with Gasteiger partial charge < -0.3 is 0 Å². The summed E-state index contributed by atoms with van der Waals surface area (Å²) < 4.78 is 13.2. The molecule has 0 aliphatic rings. The zero-order chi connectivity index (χ0) is 14.7. The van der Waals surface area contributed by atoms with Crippen LogP contribution >= 0.6 is 27.5 Å². The van der Waals surface area contributed by atoms with Crippen molar-refractivity contribution in [1.82, 2.24) is 0 Å². The largest absolute Gasteiger partial charge is 0.293 e. The molecule has 2 aromatic rings. The molecule has 0 N–H and O–H groups in total. The van der Waals surface area contributed by atoms with E-state index in [2.05, 4.69) is 15.9 Å². The summed E-state index contributed by atoms with van der Waals surface area (Å²) in [6.07, 6.45) is 0. The zero-order valence-electron chi connectivity index (χ0n) is 10.7. The number of rotatable bonds is 4. The lowest BCUT2D eigenvalue weighted by atomic mass is 10.1. The molecule has 2 rings (SSSR count). The zero-order valence-corrected chi connectivity index (χ0v) is 13.8. The molecule has 0 heterocycles. The van der Waals surface area contributed by atoms with Crippen LogP contribution in [0.15, 0.2) is 57.9 Å². The average Bonchev–Trinajstić information content (AvgIpc) is 2.46. The highest BCUT2D eigenvalue weighted by Crippen LogP contribution is 2.23. The van der Waals surface area contributed by atoms with Gasteiger partial charge in [0.2, 0.25) is 0 Å². The summed E-state index contributed by atoms with van der Waals surface area (Å²) in [5.41, 5.74) is 0.516. The first-order valence-electron chi connectivity index (χ1n) is 5.95. The summed E-state index contributed by atoms with van der Waals surface area (Å²) in [5.74, 6) is -0.157. The van der Waals surface area contributed by atoms with Crippen LogP contribution in [0.3, 0.4) is 0 Å². The molecule has 0 aliphatic heterocycles. The smallest absolute Gasteiger partial charge is 0.178 e. The van der Waals surface area contributed by atoms with Crippen molar-refractivity contribution in [2.24, 2.45) is 0 Å². The Kier molecular flexibility index (Phi) is 5.13. The van der Waals surface area contributed by atoms with Gasteiger partial charge in [-0.25, -0.2) is 0 Å². The van der Waals surface area contributed by atoms with Crippen molar-refractivity contribution in [1.29, 1.82) is 0 Å². The Labute approximate surface area is 133 Å². The quantitative estimate of drug-likeness (QED) is 0.743.